The second kappa shape index (κ2) is 3.32. The van der Waals surface area contributed by atoms with Gasteiger partial charge in [0.2, 0.25) is 11.2 Å². The zero-order valence-electron chi connectivity index (χ0n) is 7.61. The highest BCUT2D eigenvalue weighted by atomic mass is 35.5. The van der Waals surface area contributed by atoms with E-state index in [0.717, 1.165) is 0 Å². The molecule has 78 valence electrons. The van der Waals surface area contributed by atoms with Crippen molar-refractivity contribution in [3.05, 3.63) is 11.6 Å². The Morgan fingerprint density at radius 1 is 1.47 bits per heavy atom. The van der Waals surface area contributed by atoms with Crippen LogP contribution in [-0.4, -0.2) is 39.3 Å². The molecule has 3 heterocycles. The Labute approximate surface area is 89.6 Å². The molecule has 0 spiro atoms. The second-order valence-corrected chi connectivity index (χ2v) is 3.51. The lowest BCUT2D eigenvalue weighted by molar-refractivity contribution is -0.0807. The molecule has 0 bridgehead atoms. The van der Waals surface area contributed by atoms with Crippen LogP contribution in [0.15, 0.2) is 6.33 Å². The van der Waals surface area contributed by atoms with Crippen molar-refractivity contribution in [1.29, 1.82) is 0 Å². The van der Waals surface area contributed by atoms with Gasteiger partial charge in [-0.1, -0.05) is 0 Å². The number of aromatic amines is 1. The van der Waals surface area contributed by atoms with E-state index < -0.39 is 0 Å². The molecule has 0 atom stereocenters. The second-order valence-electron chi connectivity index (χ2n) is 3.18. The van der Waals surface area contributed by atoms with Crippen molar-refractivity contribution >= 4 is 22.8 Å². The van der Waals surface area contributed by atoms with Gasteiger partial charge in [0.1, 0.15) is 11.6 Å². The highest BCUT2D eigenvalue weighted by Crippen LogP contribution is 2.23. The molecule has 7 heteroatoms. The maximum Gasteiger partial charge on any atom is 0.245 e. The van der Waals surface area contributed by atoms with Crippen molar-refractivity contribution in [2.45, 2.75) is 6.10 Å². The van der Waals surface area contributed by atoms with Crippen molar-refractivity contribution in [1.82, 2.24) is 19.9 Å². The van der Waals surface area contributed by atoms with Crippen molar-refractivity contribution in [3.8, 4) is 5.88 Å². The summed E-state index contributed by atoms with van der Waals surface area (Å²) in [6, 6.07) is 0. The molecule has 0 aromatic carbocycles. The third-order valence-electron chi connectivity index (χ3n) is 2.11. The summed E-state index contributed by atoms with van der Waals surface area (Å²) in [7, 11) is 0. The summed E-state index contributed by atoms with van der Waals surface area (Å²) in [5.41, 5.74) is 1.16. The molecule has 2 aromatic rings. The average molecular weight is 227 g/mol. The van der Waals surface area contributed by atoms with Crippen molar-refractivity contribution in [2.24, 2.45) is 0 Å². The highest BCUT2D eigenvalue weighted by Gasteiger charge is 2.22. The van der Waals surface area contributed by atoms with Gasteiger partial charge in [0.15, 0.2) is 5.65 Å². The first-order chi connectivity index (χ1) is 7.33. The summed E-state index contributed by atoms with van der Waals surface area (Å²) in [5, 5.41) is 0.129. The molecule has 2 aromatic heterocycles. The minimum Gasteiger partial charge on any atom is -0.468 e. The fourth-order valence-electron chi connectivity index (χ4n) is 1.31. The number of halogens is 1. The predicted molar refractivity (Wildman–Crippen MR) is 51.9 cm³/mol. The largest absolute Gasteiger partial charge is 0.468 e. The molecular formula is C8H7ClN4O2. The van der Waals surface area contributed by atoms with Crippen LogP contribution >= 0.6 is 11.6 Å². The van der Waals surface area contributed by atoms with Gasteiger partial charge < -0.3 is 14.5 Å². The van der Waals surface area contributed by atoms with Gasteiger partial charge in [-0.3, -0.25) is 0 Å². The zero-order chi connectivity index (χ0) is 10.3. The van der Waals surface area contributed by atoms with Gasteiger partial charge in [-0.2, -0.15) is 9.97 Å². The van der Waals surface area contributed by atoms with Crippen molar-refractivity contribution in [2.75, 3.05) is 13.2 Å². The van der Waals surface area contributed by atoms with E-state index in [2.05, 4.69) is 19.9 Å². The molecule has 0 aliphatic carbocycles. The normalized spacial score (nSPS) is 16.6. The molecular weight excluding hydrogens is 220 g/mol. The minimum atomic E-state index is 0.0440. The number of aromatic nitrogens is 4. The van der Waals surface area contributed by atoms with Crippen molar-refractivity contribution < 1.29 is 9.47 Å². The van der Waals surface area contributed by atoms with E-state index >= 15 is 0 Å². The van der Waals surface area contributed by atoms with Crippen LogP contribution in [0.25, 0.3) is 11.2 Å². The molecule has 1 aliphatic rings. The molecule has 0 radical (unpaired) electrons. The first-order valence-corrected chi connectivity index (χ1v) is 4.82. The Morgan fingerprint density at radius 2 is 2.33 bits per heavy atom. The monoisotopic (exact) mass is 226 g/mol. The molecule has 15 heavy (non-hydrogen) atoms. The standard InChI is InChI=1S/C8H7ClN4O2/c9-8-12-6-5(10-3-11-6)7(13-8)15-4-1-14-2-4/h3-4H,1-2H2,(H,10,11,12,13). The molecule has 1 fully saturated rings. The van der Waals surface area contributed by atoms with E-state index in [4.69, 9.17) is 21.1 Å². The number of H-pyrrole nitrogens is 1. The predicted octanol–water partition coefficient (Wildman–Crippen LogP) is 0.784. The summed E-state index contributed by atoms with van der Waals surface area (Å²) >= 11 is 5.74. The summed E-state index contributed by atoms with van der Waals surface area (Å²) < 4.78 is 10.6. The summed E-state index contributed by atoms with van der Waals surface area (Å²) in [6.45, 7) is 1.16. The number of rotatable bonds is 2. The Hall–Kier alpha value is -1.40. The van der Waals surface area contributed by atoms with Crippen LogP contribution in [0.5, 0.6) is 5.88 Å². The number of fused-ring (bicyclic) bond motifs is 1. The molecule has 1 N–H and O–H groups in total. The molecule has 1 aliphatic heterocycles. The molecule has 0 unspecified atom stereocenters. The average Bonchev–Trinajstić information content (AvgIpc) is 2.58. The van der Waals surface area contributed by atoms with E-state index in [-0.39, 0.29) is 11.4 Å². The Balaban J connectivity index is 2.02. The lowest BCUT2D eigenvalue weighted by Crippen LogP contribution is -2.38. The summed E-state index contributed by atoms with van der Waals surface area (Å²) in [4.78, 5) is 14.8. The van der Waals surface area contributed by atoms with Gasteiger partial charge in [0.05, 0.1) is 19.5 Å². The van der Waals surface area contributed by atoms with E-state index in [9.17, 15) is 0 Å². The van der Waals surface area contributed by atoms with Crippen LogP contribution in [0.1, 0.15) is 0 Å². The van der Waals surface area contributed by atoms with Crippen LogP contribution in [0.2, 0.25) is 5.28 Å². The zero-order valence-corrected chi connectivity index (χ0v) is 8.36. The fourth-order valence-corrected chi connectivity index (χ4v) is 1.46. The number of ether oxygens (including phenoxy) is 2. The van der Waals surface area contributed by atoms with E-state index in [1.807, 2.05) is 0 Å². The van der Waals surface area contributed by atoms with Gasteiger partial charge in [-0.15, -0.1) is 0 Å². The topological polar surface area (TPSA) is 72.9 Å². The smallest absolute Gasteiger partial charge is 0.245 e. The highest BCUT2D eigenvalue weighted by molar-refractivity contribution is 6.28. The van der Waals surface area contributed by atoms with Crippen LogP contribution < -0.4 is 4.74 Å². The fraction of sp³-hybridized carbons (Fsp3) is 0.375. The number of nitrogens with zero attached hydrogens (tertiary/aromatic N) is 3. The lowest BCUT2D eigenvalue weighted by Gasteiger charge is -2.26. The number of hydrogen-bond donors (Lipinski definition) is 1. The first-order valence-electron chi connectivity index (χ1n) is 4.44. The lowest BCUT2D eigenvalue weighted by atomic mass is 10.3. The van der Waals surface area contributed by atoms with Crippen LogP contribution in [0, 0.1) is 0 Å². The van der Waals surface area contributed by atoms with Gasteiger partial charge in [-0.25, -0.2) is 4.98 Å². The summed E-state index contributed by atoms with van der Waals surface area (Å²) in [6.07, 6.45) is 1.57. The van der Waals surface area contributed by atoms with Crippen molar-refractivity contribution in [3.63, 3.8) is 0 Å². The van der Waals surface area contributed by atoms with Gasteiger partial charge in [0, 0.05) is 0 Å². The third kappa shape index (κ3) is 1.51. The minimum absolute atomic E-state index is 0.0440. The Kier molecular flexibility index (Phi) is 1.96. The maximum atomic E-state index is 5.74. The van der Waals surface area contributed by atoms with Crippen LogP contribution in [-0.2, 0) is 4.74 Å². The van der Waals surface area contributed by atoms with Gasteiger partial charge >= 0.3 is 0 Å². The van der Waals surface area contributed by atoms with Gasteiger partial charge in [-0.05, 0) is 11.6 Å². The molecule has 1 saturated heterocycles. The number of imidazole rings is 1. The van der Waals surface area contributed by atoms with Crippen LogP contribution in [0.4, 0.5) is 0 Å². The Morgan fingerprint density at radius 3 is 3.07 bits per heavy atom. The molecule has 3 rings (SSSR count). The SMILES string of the molecule is Clc1nc(OC2COC2)c2[nH]cnc2n1. The summed E-state index contributed by atoms with van der Waals surface area (Å²) in [5.74, 6) is 0.427. The number of hydrogen-bond acceptors (Lipinski definition) is 5. The van der Waals surface area contributed by atoms with E-state index in [1.165, 1.54) is 6.33 Å². The van der Waals surface area contributed by atoms with Gasteiger partial charge in [0.25, 0.3) is 0 Å². The molecule has 0 saturated carbocycles. The first kappa shape index (κ1) is 8.87. The molecule has 0 amide bonds. The maximum absolute atomic E-state index is 5.74. The Bertz CT molecular complexity index is 496. The molecule has 6 nitrogen and oxygen atoms in total. The van der Waals surface area contributed by atoms with Crippen LogP contribution in [0.3, 0.4) is 0 Å². The third-order valence-corrected chi connectivity index (χ3v) is 2.28. The quantitative estimate of drug-likeness (QED) is 0.767. The van der Waals surface area contributed by atoms with E-state index in [1.54, 1.807) is 0 Å². The van der Waals surface area contributed by atoms with E-state index in [0.29, 0.717) is 30.3 Å². The number of nitrogens with one attached hydrogen (secondary N) is 1.